The molecule has 0 spiro atoms. The van der Waals surface area contributed by atoms with E-state index >= 15 is 0 Å². The first kappa shape index (κ1) is 9.88. The van der Waals surface area contributed by atoms with E-state index in [1.54, 1.807) is 0 Å². The third-order valence-corrected chi connectivity index (χ3v) is 1.99. The minimum Gasteiger partial charge on any atom is -0.443 e. The van der Waals surface area contributed by atoms with Gasteiger partial charge in [-0.1, -0.05) is 6.07 Å². The van der Waals surface area contributed by atoms with Crippen LogP contribution in [0.25, 0.3) is 11.3 Å². The molecule has 0 aliphatic carbocycles. The highest BCUT2D eigenvalue weighted by Crippen LogP contribution is 2.20. The fraction of sp³-hybridized carbons (Fsp3) is 0. The Bertz CT molecular complexity index is 458. The second-order valence-electron chi connectivity index (χ2n) is 2.98. The second kappa shape index (κ2) is 3.84. The zero-order valence-electron chi connectivity index (χ0n) is 7.59. The monoisotopic (exact) mass is 207 g/mol. The van der Waals surface area contributed by atoms with Gasteiger partial charge in [0.1, 0.15) is 5.82 Å². The molecule has 0 amide bonds. The molecule has 2 N–H and O–H groups in total. The van der Waals surface area contributed by atoms with Gasteiger partial charge in [-0.15, -0.1) is 0 Å². The number of halogens is 1. The Hall–Kier alpha value is -1.66. The Morgan fingerprint density at radius 1 is 1.33 bits per heavy atom. The van der Waals surface area contributed by atoms with Gasteiger partial charge in [0.15, 0.2) is 12.2 Å². The summed E-state index contributed by atoms with van der Waals surface area (Å²) in [5.41, 5.74) is 0.327. The van der Waals surface area contributed by atoms with Crippen molar-refractivity contribution in [2.45, 2.75) is 0 Å². The van der Waals surface area contributed by atoms with E-state index in [0.717, 1.165) is 6.07 Å². The highest BCUT2D eigenvalue weighted by molar-refractivity contribution is 6.58. The van der Waals surface area contributed by atoms with E-state index < -0.39 is 12.9 Å². The normalized spacial score (nSPS) is 10.3. The van der Waals surface area contributed by atoms with Gasteiger partial charge in [-0.25, -0.2) is 9.37 Å². The summed E-state index contributed by atoms with van der Waals surface area (Å²) in [5.74, 6) is -0.288. The summed E-state index contributed by atoms with van der Waals surface area (Å²) in [4.78, 5) is 3.67. The maximum Gasteiger partial charge on any atom is 0.488 e. The van der Waals surface area contributed by atoms with E-state index in [0.29, 0.717) is 5.76 Å². The van der Waals surface area contributed by atoms with Crippen LogP contribution < -0.4 is 5.46 Å². The van der Waals surface area contributed by atoms with Crippen molar-refractivity contribution in [1.82, 2.24) is 4.98 Å². The van der Waals surface area contributed by atoms with Crippen LogP contribution in [-0.2, 0) is 0 Å². The first-order valence-electron chi connectivity index (χ1n) is 4.23. The van der Waals surface area contributed by atoms with Crippen LogP contribution >= 0.6 is 0 Å². The molecule has 6 heteroatoms. The zero-order valence-corrected chi connectivity index (χ0v) is 7.59. The molecule has 0 atom stereocenters. The first-order chi connectivity index (χ1) is 7.18. The summed E-state index contributed by atoms with van der Waals surface area (Å²) >= 11 is 0. The van der Waals surface area contributed by atoms with E-state index in [1.165, 1.54) is 24.7 Å². The molecule has 1 heterocycles. The molecule has 0 radical (unpaired) electrons. The molecule has 2 aromatic rings. The van der Waals surface area contributed by atoms with Gasteiger partial charge in [0, 0.05) is 0 Å². The Balaban J connectivity index is 2.44. The Kier molecular flexibility index (Phi) is 2.53. The highest BCUT2D eigenvalue weighted by atomic mass is 19.1. The molecule has 0 aliphatic heterocycles. The van der Waals surface area contributed by atoms with Gasteiger partial charge in [0.25, 0.3) is 0 Å². The predicted octanol–water partition coefficient (Wildman–Crippen LogP) is 0.160. The summed E-state index contributed by atoms with van der Waals surface area (Å²) in [6.07, 6.45) is 2.58. The fourth-order valence-corrected chi connectivity index (χ4v) is 1.24. The summed E-state index contributed by atoms with van der Waals surface area (Å²) in [6, 6.07) is 3.86. The quantitative estimate of drug-likeness (QED) is 0.688. The maximum absolute atomic E-state index is 13.5. The number of nitrogens with zero attached hydrogens (tertiary/aromatic N) is 1. The molecule has 0 saturated carbocycles. The molecule has 4 nitrogen and oxygen atoms in total. The minimum atomic E-state index is -1.68. The predicted molar refractivity (Wildman–Crippen MR) is 51.7 cm³/mol. The lowest BCUT2D eigenvalue weighted by molar-refractivity contribution is 0.425. The van der Waals surface area contributed by atoms with E-state index in [-0.39, 0.29) is 11.0 Å². The standard InChI is InChI=1S/C9H7BFNO3/c11-8-3-6(10(13)14)1-2-7(8)9-4-12-5-15-9/h1-5,13-14H. The number of hydrogen-bond acceptors (Lipinski definition) is 4. The van der Waals surface area contributed by atoms with Crippen LogP contribution in [0.3, 0.4) is 0 Å². The average molecular weight is 207 g/mol. The van der Waals surface area contributed by atoms with Gasteiger partial charge >= 0.3 is 7.12 Å². The van der Waals surface area contributed by atoms with Gasteiger partial charge in [-0.05, 0) is 17.6 Å². The zero-order chi connectivity index (χ0) is 10.8. The van der Waals surface area contributed by atoms with Crippen molar-refractivity contribution in [3.05, 3.63) is 36.6 Å². The lowest BCUT2D eigenvalue weighted by atomic mass is 9.80. The van der Waals surface area contributed by atoms with Gasteiger partial charge < -0.3 is 14.5 Å². The van der Waals surface area contributed by atoms with E-state index in [2.05, 4.69) is 4.98 Å². The topological polar surface area (TPSA) is 66.5 Å². The molecule has 76 valence electrons. The van der Waals surface area contributed by atoms with Crippen LogP contribution in [-0.4, -0.2) is 22.2 Å². The van der Waals surface area contributed by atoms with Crippen LogP contribution in [0.15, 0.2) is 35.2 Å². The number of hydrogen-bond donors (Lipinski definition) is 2. The molecule has 0 bridgehead atoms. The van der Waals surface area contributed by atoms with Crippen molar-refractivity contribution < 1.29 is 18.9 Å². The van der Waals surface area contributed by atoms with E-state index in [9.17, 15) is 4.39 Å². The molecule has 15 heavy (non-hydrogen) atoms. The van der Waals surface area contributed by atoms with Crippen molar-refractivity contribution >= 4 is 12.6 Å². The summed E-state index contributed by atoms with van der Waals surface area (Å²) in [7, 11) is -1.68. The third-order valence-electron chi connectivity index (χ3n) is 1.99. The van der Waals surface area contributed by atoms with Gasteiger partial charge in [0.2, 0.25) is 0 Å². The van der Waals surface area contributed by atoms with Crippen LogP contribution in [0.5, 0.6) is 0 Å². The molecule has 1 aromatic heterocycles. The largest absolute Gasteiger partial charge is 0.488 e. The van der Waals surface area contributed by atoms with Gasteiger partial charge in [-0.3, -0.25) is 0 Å². The van der Waals surface area contributed by atoms with Crippen LogP contribution in [0, 0.1) is 5.82 Å². The highest BCUT2D eigenvalue weighted by Gasteiger charge is 2.15. The van der Waals surface area contributed by atoms with Crippen molar-refractivity contribution in [3.8, 4) is 11.3 Å². The first-order valence-corrected chi connectivity index (χ1v) is 4.23. The smallest absolute Gasteiger partial charge is 0.443 e. The minimum absolute atomic E-state index is 0.0933. The molecular weight excluding hydrogens is 200 g/mol. The van der Waals surface area contributed by atoms with Crippen molar-refractivity contribution in [2.24, 2.45) is 0 Å². The van der Waals surface area contributed by atoms with E-state index in [1.807, 2.05) is 0 Å². The lowest BCUT2D eigenvalue weighted by Crippen LogP contribution is -2.29. The van der Waals surface area contributed by atoms with Gasteiger partial charge in [-0.2, -0.15) is 0 Å². The summed E-state index contributed by atoms with van der Waals surface area (Å²) in [5, 5.41) is 17.6. The Labute approximate surface area is 85.1 Å². The maximum atomic E-state index is 13.5. The van der Waals surface area contributed by atoms with Crippen LogP contribution in [0.1, 0.15) is 0 Å². The number of aromatic nitrogens is 1. The second-order valence-corrected chi connectivity index (χ2v) is 2.98. The summed E-state index contributed by atoms with van der Waals surface area (Å²) in [6.45, 7) is 0. The van der Waals surface area contributed by atoms with Gasteiger partial charge in [0.05, 0.1) is 11.8 Å². The number of benzene rings is 1. The van der Waals surface area contributed by atoms with Crippen LogP contribution in [0.4, 0.5) is 4.39 Å². The SMILES string of the molecule is OB(O)c1ccc(-c2cnco2)c(F)c1. The molecule has 1 aromatic carbocycles. The Morgan fingerprint density at radius 3 is 2.67 bits per heavy atom. The third kappa shape index (κ3) is 1.90. The molecular formula is C9H7BFNO3. The van der Waals surface area contributed by atoms with Crippen LogP contribution in [0.2, 0.25) is 0 Å². The Morgan fingerprint density at radius 2 is 2.13 bits per heavy atom. The molecule has 0 saturated heterocycles. The average Bonchev–Trinajstić information content (AvgIpc) is 2.70. The summed E-state index contributed by atoms with van der Waals surface area (Å²) < 4.78 is 18.4. The lowest BCUT2D eigenvalue weighted by Gasteiger charge is -2.02. The number of oxazole rings is 1. The van der Waals surface area contributed by atoms with Crippen molar-refractivity contribution in [2.75, 3.05) is 0 Å². The molecule has 2 rings (SSSR count). The van der Waals surface area contributed by atoms with Crippen molar-refractivity contribution in [1.29, 1.82) is 0 Å². The van der Waals surface area contributed by atoms with E-state index in [4.69, 9.17) is 14.5 Å². The molecule has 0 fully saturated rings. The molecule has 0 aliphatic rings. The van der Waals surface area contributed by atoms with Crippen molar-refractivity contribution in [3.63, 3.8) is 0 Å². The number of rotatable bonds is 2. The molecule has 0 unspecified atom stereocenters. The fourth-order valence-electron chi connectivity index (χ4n) is 1.24.